The van der Waals surface area contributed by atoms with Crippen molar-refractivity contribution in [1.82, 2.24) is 5.32 Å². The van der Waals surface area contributed by atoms with Gasteiger partial charge in [-0.1, -0.05) is 78.5 Å². The first-order chi connectivity index (χ1) is 12.8. The highest BCUT2D eigenvalue weighted by Gasteiger charge is 2.25. The summed E-state index contributed by atoms with van der Waals surface area (Å²) >= 11 is 1.91. The Kier molecular flexibility index (Phi) is 5.42. The highest BCUT2D eigenvalue weighted by molar-refractivity contribution is 7.99. The minimum absolute atomic E-state index is 0.486. The van der Waals surface area contributed by atoms with Gasteiger partial charge in [-0.2, -0.15) is 0 Å². The Morgan fingerprint density at radius 2 is 1.38 bits per heavy atom. The maximum Gasteiger partial charge on any atom is 0.0160 e. The predicted octanol–water partition coefficient (Wildman–Crippen LogP) is 5.89. The van der Waals surface area contributed by atoms with Gasteiger partial charge in [-0.25, -0.2) is 0 Å². The standard InChI is InChI=1S/C24H25NS/c1-18(17-19-9-3-2-4-10-19)25-16-15-20-21-11-5-7-13-23(21)26-24-14-8-6-12-22(20)24/h2-14,18,20,25H,15-17H2,1H3/t18-/m0/s1. The van der Waals surface area contributed by atoms with Crippen molar-refractivity contribution in [3.8, 4) is 0 Å². The van der Waals surface area contributed by atoms with Crippen LogP contribution in [-0.4, -0.2) is 12.6 Å². The van der Waals surface area contributed by atoms with Crippen LogP contribution in [0.4, 0.5) is 0 Å². The van der Waals surface area contributed by atoms with Crippen LogP contribution in [0.25, 0.3) is 0 Å². The third kappa shape index (κ3) is 3.87. The molecule has 1 nitrogen and oxygen atoms in total. The van der Waals surface area contributed by atoms with Crippen LogP contribution in [0.5, 0.6) is 0 Å². The summed E-state index contributed by atoms with van der Waals surface area (Å²) in [5.74, 6) is 0.486. The Morgan fingerprint density at radius 1 is 0.808 bits per heavy atom. The van der Waals surface area contributed by atoms with E-state index < -0.39 is 0 Å². The molecule has 4 rings (SSSR count). The van der Waals surface area contributed by atoms with Crippen molar-refractivity contribution in [2.75, 3.05) is 6.54 Å². The quantitative estimate of drug-likeness (QED) is 0.588. The fourth-order valence-electron chi connectivity index (χ4n) is 3.83. The summed E-state index contributed by atoms with van der Waals surface area (Å²) < 4.78 is 0. The SMILES string of the molecule is C[C@@H](Cc1ccccc1)NCCC1c2ccccc2Sc2ccccc21. The third-order valence-corrected chi connectivity index (χ3v) is 6.30. The summed E-state index contributed by atoms with van der Waals surface area (Å²) in [6, 6.07) is 29.0. The van der Waals surface area contributed by atoms with Gasteiger partial charge in [-0.05, 0) is 55.1 Å². The van der Waals surface area contributed by atoms with Crippen molar-refractivity contribution in [1.29, 1.82) is 0 Å². The van der Waals surface area contributed by atoms with Crippen molar-refractivity contribution in [2.24, 2.45) is 0 Å². The molecule has 1 atom stereocenters. The minimum atomic E-state index is 0.486. The average molecular weight is 360 g/mol. The molecule has 0 amide bonds. The molecule has 1 aliphatic heterocycles. The second-order valence-electron chi connectivity index (χ2n) is 7.06. The molecule has 1 N–H and O–H groups in total. The van der Waals surface area contributed by atoms with E-state index in [2.05, 4.69) is 91.1 Å². The molecule has 3 aromatic rings. The fraction of sp³-hybridized carbons (Fsp3) is 0.250. The summed E-state index contributed by atoms with van der Waals surface area (Å²) in [6.07, 6.45) is 2.21. The highest BCUT2D eigenvalue weighted by Crippen LogP contribution is 2.46. The van der Waals surface area contributed by atoms with Crippen LogP contribution in [0.1, 0.15) is 36.0 Å². The molecule has 0 aromatic heterocycles. The lowest BCUT2D eigenvalue weighted by molar-refractivity contribution is 0.516. The van der Waals surface area contributed by atoms with Crippen molar-refractivity contribution in [3.05, 3.63) is 95.6 Å². The van der Waals surface area contributed by atoms with E-state index in [0.717, 1.165) is 19.4 Å². The molecule has 0 bridgehead atoms. The summed E-state index contributed by atoms with van der Waals surface area (Å²) in [4.78, 5) is 2.82. The summed E-state index contributed by atoms with van der Waals surface area (Å²) in [7, 11) is 0. The van der Waals surface area contributed by atoms with E-state index in [-0.39, 0.29) is 0 Å². The maximum atomic E-state index is 3.73. The first-order valence-electron chi connectivity index (χ1n) is 9.44. The number of hydrogen-bond donors (Lipinski definition) is 1. The Morgan fingerprint density at radius 3 is 2.04 bits per heavy atom. The van der Waals surface area contributed by atoms with Gasteiger partial charge in [0.25, 0.3) is 0 Å². The van der Waals surface area contributed by atoms with Crippen LogP contribution in [0, 0.1) is 0 Å². The largest absolute Gasteiger partial charge is 0.314 e. The molecule has 3 aromatic carbocycles. The van der Waals surface area contributed by atoms with Gasteiger partial charge in [-0.3, -0.25) is 0 Å². The van der Waals surface area contributed by atoms with Crippen LogP contribution in [0.2, 0.25) is 0 Å². The number of nitrogens with one attached hydrogen (secondary N) is 1. The van der Waals surface area contributed by atoms with Gasteiger partial charge >= 0.3 is 0 Å². The molecule has 132 valence electrons. The zero-order valence-corrected chi connectivity index (χ0v) is 16.0. The van der Waals surface area contributed by atoms with E-state index in [0.29, 0.717) is 12.0 Å². The van der Waals surface area contributed by atoms with Gasteiger partial charge in [-0.15, -0.1) is 0 Å². The van der Waals surface area contributed by atoms with Crippen LogP contribution in [-0.2, 0) is 6.42 Å². The molecule has 2 heteroatoms. The molecule has 1 heterocycles. The lowest BCUT2D eigenvalue weighted by Crippen LogP contribution is -2.30. The molecular weight excluding hydrogens is 334 g/mol. The number of rotatable bonds is 6. The lowest BCUT2D eigenvalue weighted by atomic mass is 9.88. The molecule has 0 spiro atoms. The van der Waals surface area contributed by atoms with Crippen molar-refractivity contribution < 1.29 is 0 Å². The molecule has 0 radical (unpaired) electrons. The summed E-state index contributed by atoms with van der Waals surface area (Å²) in [5.41, 5.74) is 4.36. The second-order valence-corrected chi connectivity index (χ2v) is 8.15. The van der Waals surface area contributed by atoms with Crippen molar-refractivity contribution in [3.63, 3.8) is 0 Å². The molecule has 0 fully saturated rings. The lowest BCUT2D eigenvalue weighted by Gasteiger charge is -2.28. The molecule has 0 saturated carbocycles. The van der Waals surface area contributed by atoms with Gasteiger partial charge in [0, 0.05) is 21.8 Å². The van der Waals surface area contributed by atoms with E-state index in [1.54, 1.807) is 0 Å². The van der Waals surface area contributed by atoms with Gasteiger partial charge in [0.15, 0.2) is 0 Å². The van der Waals surface area contributed by atoms with E-state index >= 15 is 0 Å². The maximum absolute atomic E-state index is 3.73. The summed E-state index contributed by atoms with van der Waals surface area (Å²) in [5, 5.41) is 3.73. The Labute approximate surface area is 160 Å². The van der Waals surface area contributed by atoms with Gasteiger partial charge < -0.3 is 5.32 Å². The van der Waals surface area contributed by atoms with Crippen LogP contribution in [0.3, 0.4) is 0 Å². The van der Waals surface area contributed by atoms with Gasteiger partial charge in [0.05, 0.1) is 0 Å². The number of fused-ring (bicyclic) bond motifs is 2. The van der Waals surface area contributed by atoms with Gasteiger partial charge in [0.1, 0.15) is 0 Å². The monoisotopic (exact) mass is 359 g/mol. The third-order valence-electron chi connectivity index (χ3n) is 5.12. The Hall–Kier alpha value is -2.03. The molecular formula is C24H25NS. The van der Waals surface area contributed by atoms with E-state index in [1.807, 2.05) is 11.8 Å². The average Bonchev–Trinajstić information content (AvgIpc) is 2.68. The normalized spacial score (nSPS) is 14.5. The smallest absolute Gasteiger partial charge is 0.0160 e. The van der Waals surface area contributed by atoms with Crippen molar-refractivity contribution in [2.45, 2.75) is 41.5 Å². The molecule has 26 heavy (non-hydrogen) atoms. The molecule has 0 aliphatic carbocycles. The Balaban J connectivity index is 1.43. The van der Waals surface area contributed by atoms with E-state index in [4.69, 9.17) is 0 Å². The predicted molar refractivity (Wildman–Crippen MR) is 111 cm³/mol. The Bertz CT molecular complexity index is 813. The zero-order chi connectivity index (χ0) is 17.8. The first kappa shape index (κ1) is 17.4. The van der Waals surface area contributed by atoms with Crippen LogP contribution >= 0.6 is 11.8 Å². The first-order valence-corrected chi connectivity index (χ1v) is 10.3. The molecule has 0 unspecified atom stereocenters. The number of benzene rings is 3. The zero-order valence-electron chi connectivity index (χ0n) is 15.2. The fourth-order valence-corrected chi connectivity index (χ4v) is 5.02. The highest BCUT2D eigenvalue weighted by atomic mass is 32.2. The van der Waals surface area contributed by atoms with Crippen LogP contribution in [0.15, 0.2) is 88.7 Å². The molecule has 1 aliphatic rings. The molecule has 0 saturated heterocycles. The topological polar surface area (TPSA) is 12.0 Å². The number of hydrogen-bond acceptors (Lipinski definition) is 2. The van der Waals surface area contributed by atoms with E-state index in [1.165, 1.54) is 26.5 Å². The minimum Gasteiger partial charge on any atom is -0.314 e. The van der Waals surface area contributed by atoms with Crippen LogP contribution < -0.4 is 5.32 Å². The van der Waals surface area contributed by atoms with E-state index in [9.17, 15) is 0 Å². The van der Waals surface area contributed by atoms with Gasteiger partial charge in [0.2, 0.25) is 0 Å². The van der Waals surface area contributed by atoms with Crippen molar-refractivity contribution >= 4 is 11.8 Å². The second kappa shape index (κ2) is 8.11. The summed E-state index contributed by atoms with van der Waals surface area (Å²) in [6.45, 7) is 3.32.